The number of hydrogen-bond donors (Lipinski definition) is 0. The molecule has 0 amide bonds. The van der Waals surface area contributed by atoms with Gasteiger partial charge in [-0.15, -0.1) is 0 Å². The highest BCUT2D eigenvalue weighted by Crippen LogP contribution is 2.42. The summed E-state index contributed by atoms with van der Waals surface area (Å²) in [4.78, 5) is 2.53. The normalized spacial score (nSPS) is 19.5. The summed E-state index contributed by atoms with van der Waals surface area (Å²) in [5.41, 5.74) is 5.97. The van der Waals surface area contributed by atoms with E-state index < -0.39 is 0 Å². The first kappa shape index (κ1) is 20.6. The summed E-state index contributed by atoms with van der Waals surface area (Å²) in [5, 5.41) is 9.27. The SMILES string of the molecule is COc1ccc(CCc2ccc(CN3C[C@@H]4COc5ccc(C#N)cc5[C@H]4C3)cc2)cc1. The van der Waals surface area contributed by atoms with Crippen LogP contribution in [0.4, 0.5) is 0 Å². The predicted molar refractivity (Wildman–Crippen MR) is 125 cm³/mol. The average Bonchev–Trinajstić information content (AvgIpc) is 3.26. The first-order valence-corrected chi connectivity index (χ1v) is 11.3. The van der Waals surface area contributed by atoms with Crippen LogP contribution in [0.5, 0.6) is 11.5 Å². The van der Waals surface area contributed by atoms with Crippen LogP contribution in [0.3, 0.4) is 0 Å². The number of nitrogens with zero attached hydrogens (tertiary/aromatic N) is 2. The van der Waals surface area contributed by atoms with Crippen molar-refractivity contribution in [1.82, 2.24) is 4.90 Å². The van der Waals surface area contributed by atoms with Gasteiger partial charge in [0.1, 0.15) is 11.5 Å². The van der Waals surface area contributed by atoms with Crippen LogP contribution < -0.4 is 9.47 Å². The Hall–Kier alpha value is -3.29. The van der Waals surface area contributed by atoms with E-state index in [-0.39, 0.29) is 0 Å². The minimum atomic E-state index is 0.454. The molecule has 0 spiro atoms. The summed E-state index contributed by atoms with van der Waals surface area (Å²) in [6, 6.07) is 25.5. The topological polar surface area (TPSA) is 45.5 Å². The number of fused-ring (bicyclic) bond motifs is 3. The monoisotopic (exact) mass is 424 g/mol. The molecule has 0 aromatic heterocycles. The van der Waals surface area contributed by atoms with Gasteiger partial charge in [-0.3, -0.25) is 4.90 Å². The van der Waals surface area contributed by atoms with Crippen LogP contribution in [0.1, 0.15) is 33.7 Å². The summed E-state index contributed by atoms with van der Waals surface area (Å²) in [6.45, 7) is 3.79. The Kier molecular flexibility index (Phi) is 5.83. The first-order valence-electron chi connectivity index (χ1n) is 11.3. The van der Waals surface area contributed by atoms with Gasteiger partial charge in [-0.05, 0) is 59.9 Å². The van der Waals surface area contributed by atoms with Crippen LogP contribution in [-0.2, 0) is 19.4 Å². The highest BCUT2D eigenvalue weighted by atomic mass is 16.5. The molecule has 32 heavy (non-hydrogen) atoms. The van der Waals surface area contributed by atoms with Crippen LogP contribution in [0.15, 0.2) is 66.7 Å². The van der Waals surface area contributed by atoms with Crippen LogP contribution in [0, 0.1) is 17.2 Å². The molecule has 3 aromatic carbocycles. The van der Waals surface area contributed by atoms with Crippen molar-refractivity contribution in [3.8, 4) is 17.6 Å². The second-order valence-electron chi connectivity index (χ2n) is 8.90. The van der Waals surface area contributed by atoms with E-state index in [4.69, 9.17) is 9.47 Å². The molecule has 0 N–H and O–H groups in total. The van der Waals surface area contributed by atoms with Crippen molar-refractivity contribution in [1.29, 1.82) is 5.26 Å². The van der Waals surface area contributed by atoms with E-state index in [1.165, 1.54) is 22.3 Å². The molecule has 0 aliphatic carbocycles. The van der Waals surface area contributed by atoms with E-state index >= 15 is 0 Å². The summed E-state index contributed by atoms with van der Waals surface area (Å²) in [6.07, 6.45) is 2.07. The largest absolute Gasteiger partial charge is 0.497 e. The maximum Gasteiger partial charge on any atom is 0.122 e. The van der Waals surface area contributed by atoms with Crippen LogP contribution in [0.2, 0.25) is 0 Å². The lowest BCUT2D eigenvalue weighted by Gasteiger charge is -2.27. The molecular formula is C28H28N2O2. The molecule has 4 heteroatoms. The van der Waals surface area contributed by atoms with Gasteiger partial charge in [0.05, 0.1) is 25.3 Å². The van der Waals surface area contributed by atoms with Gasteiger partial charge in [-0.2, -0.15) is 5.26 Å². The fourth-order valence-electron chi connectivity index (χ4n) is 5.00. The number of ether oxygens (including phenoxy) is 2. The van der Waals surface area contributed by atoms with Crippen LogP contribution in [0.25, 0.3) is 0 Å². The highest BCUT2D eigenvalue weighted by molar-refractivity contribution is 5.46. The van der Waals surface area contributed by atoms with Gasteiger partial charge >= 0.3 is 0 Å². The maximum atomic E-state index is 9.27. The van der Waals surface area contributed by atoms with E-state index in [1.54, 1.807) is 7.11 Å². The van der Waals surface area contributed by atoms with Crippen molar-refractivity contribution in [3.63, 3.8) is 0 Å². The number of methoxy groups -OCH3 is 1. The van der Waals surface area contributed by atoms with Crippen LogP contribution >= 0.6 is 0 Å². The molecule has 2 aliphatic heterocycles. The lowest BCUT2D eigenvalue weighted by atomic mass is 9.86. The fourth-order valence-corrected chi connectivity index (χ4v) is 5.00. The Morgan fingerprint density at radius 2 is 1.62 bits per heavy atom. The molecule has 2 heterocycles. The van der Waals surface area contributed by atoms with Crippen molar-refractivity contribution >= 4 is 0 Å². The summed E-state index contributed by atoms with van der Waals surface area (Å²) in [5.74, 6) is 2.81. The van der Waals surface area contributed by atoms with Gasteiger partial charge < -0.3 is 9.47 Å². The number of nitriles is 1. The van der Waals surface area contributed by atoms with E-state index in [0.717, 1.165) is 56.1 Å². The molecular weight excluding hydrogens is 396 g/mol. The molecule has 1 saturated heterocycles. The molecule has 2 atom stereocenters. The summed E-state index contributed by atoms with van der Waals surface area (Å²) < 4.78 is 11.2. The fraction of sp³-hybridized carbons (Fsp3) is 0.321. The van der Waals surface area contributed by atoms with Crippen molar-refractivity contribution in [2.45, 2.75) is 25.3 Å². The molecule has 0 radical (unpaired) electrons. The smallest absolute Gasteiger partial charge is 0.122 e. The molecule has 3 aromatic rings. The number of benzene rings is 3. The number of hydrogen-bond acceptors (Lipinski definition) is 4. The third-order valence-corrected chi connectivity index (χ3v) is 6.80. The molecule has 2 aliphatic rings. The Balaban J connectivity index is 1.18. The van der Waals surface area contributed by atoms with Crippen molar-refractivity contribution in [2.24, 2.45) is 5.92 Å². The third-order valence-electron chi connectivity index (χ3n) is 6.80. The molecule has 4 nitrogen and oxygen atoms in total. The predicted octanol–water partition coefficient (Wildman–Crippen LogP) is 4.96. The summed E-state index contributed by atoms with van der Waals surface area (Å²) in [7, 11) is 1.70. The van der Waals surface area contributed by atoms with E-state index in [2.05, 4.69) is 47.4 Å². The zero-order chi connectivity index (χ0) is 21.9. The van der Waals surface area contributed by atoms with Gasteiger partial charge in [0.15, 0.2) is 0 Å². The molecule has 5 rings (SSSR count). The standard InChI is InChI=1S/C28H28N2O2/c1-31-25-11-8-21(9-12-25)3-2-20-4-6-22(7-5-20)16-30-17-24-19-32-28-13-10-23(15-29)14-26(28)27(24)18-30/h4-14,24,27H,2-3,16-19H2,1H3/t24-,27+/m1/s1. The quantitative estimate of drug-likeness (QED) is 0.561. The van der Waals surface area contributed by atoms with E-state index in [9.17, 15) is 5.26 Å². The van der Waals surface area contributed by atoms with Crippen LogP contribution in [-0.4, -0.2) is 31.7 Å². The molecule has 0 saturated carbocycles. The van der Waals surface area contributed by atoms with Gasteiger partial charge in [0.25, 0.3) is 0 Å². The van der Waals surface area contributed by atoms with Gasteiger partial charge in [-0.1, -0.05) is 36.4 Å². The Bertz CT molecular complexity index is 1120. The van der Waals surface area contributed by atoms with Crippen molar-refractivity contribution < 1.29 is 9.47 Å². The zero-order valence-electron chi connectivity index (χ0n) is 18.5. The lowest BCUT2D eigenvalue weighted by molar-refractivity contribution is 0.212. The molecule has 162 valence electrons. The molecule has 0 unspecified atom stereocenters. The number of aryl methyl sites for hydroxylation is 2. The molecule has 1 fully saturated rings. The Morgan fingerprint density at radius 3 is 2.31 bits per heavy atom. The maximum absolute atomic E-state index is 9.27. The Morgan fingerprint density at radius 1 is 0.938 bits per heavy atom. The third kappa shape index (κ3) is 4.35. The van der Waals surface area contributed by atoms with Gasteiger partial charge in [-0.25, -0.2) is 0 Å². The lowest BCUT2D eigenvalue weighted by Crippen LogP contribution is -2.25. The van der Waals surface area contributed by atoms with Crippen molar-refractivity contribution in [3.05, 3.63) is 94.5 Å². The minimum absolute atomic E-state index is 0.454. The zero-order valence-corrected chi connectivity index (χ0v) is 18.5. The summed E-state index contributed by atoms with van der Waals surface area (Å²) >= 11 is 0. The Labute approximate surface area is 190 Å². The average molecular weight is 425 g/mol. The second-order valence-corrected chi connectivity index (χ2v) is 8.90. The van der Waals surface area contributed by atoms with E-state index in [0.29, 0.717) is 11.8 Å². The highest BCUT2D eigenvalue weighted by Gasteiger charge is 2.38. The number of likely N-dealkylation sites (tertiary alicyclic amines) is 1. The first-order chi connectivity index (χ1) is 15.7. The van der Waals surface area contributed by atoms with E-state index in [1.807, 2.05) is 30.3 Å². The van der Waals surface area contributed by atoms with Crippen molar-refractivity contribution in [2.75, 3.05) is 26.8 Å². The molecule has 0 bridgehead atoms. The van der Waals surface area contributed by atoms with Gasteiger partial charge in [0, 0.05) is 37.0 Å². The minimum Gasteiger partial charge on any atom is -0.497 e. The van der Waals surface area contributed by atoms with Gasteiger partial charge in [0.2, 0.25) is 0 Å². The second kappa shape index (κ2) is 9.06. The number of rotatable bonds is 6.